The summed E-state index contributed by atoms with van der Waals surface area (Å²) in [6, 6.07) is 39.3. The van der Waals surface area contributed by atoms with Crippen LogP contribution in [0.25, 0.3) is 90.5 Å². The maximum absolute atomic E-state index is 5.93. The van der Waals surface area contributed by atoms with Gasteiger partial charge in [-0.1, -0.05) is 62.4 Å². The fourth-order valence-electron chi connectivity index (χ4n) is 5.46. The van der Waals surface area contributed by atoms with E-state index in [1.807, 2.05) is 135 Å². The lowest BCUT2D eigenvalue weighted by Gasteiger charge is -1.91. The standard InChI is InChI=1S/2C18H12N4O.C2H6/c2*1-2-6-12-11(5-1)19-17(20-12)15-9-10-16(23-15)18-21-13-7-3-4-8-14(13)22-18;1-2/h2*1-10H,(H,19,20)(H,21,22);1-2H3. The molecule has 0 spiro atoms. The molecule has 0 saturated carbocycles. The Kier molecular flexibility index (Phi) is 7.35. The lowest BCUT2D eigenvalue weighted by molar-refractivity contribution is 0.589. The molecule has 10 rings (SSSR count). The van der Waals surface area contributed by atoms with E-state index in [-0.39, 0.29) is 0 Å². The molecule has 234 valence electrons. The van der Waals surface area contributed by atoms with Gasteiger partial charge in [-0.15, -0.1) is 0 Å². The van der Waals surface area contributed by atoms with E-state index in [1.165, 1.54) is 0 Å². The van der Waals surface area contributed by atoms with Crippen LogP contribution in [0.15, 0.2) is 130 Å². The van der Waals surface area contributed by atoms with Crippen molar-refractivity contribution in [1.29, 1.82) is 0 Å². The topological polar surface area (TPSA) is 141 Å². The van der Waals surface area contributed by atoms with Crippen molar-refractivity contribution in [3.05, 3.63) is 121 Å². The Bertz CT molecular complexity index is 2140. The summed E-state index contributed by atoms with van der Waals surface area (Å²) in [7, 11) is 0. The molecule has 0 saturated heterocycles. The largest absolute Gasteiger partial charge is 0.450 e. The molecular formula is C38H30N8O2. The van der Waals surface area contributed by atoms with Gasteiger partial charge in [0.25, 0.3) is 0 Å². The molecule has 0 aliphatic rings. The molecule has 10 aromatic rings. The zero-order valence-corrected chi connectivity index (χ0v) is 26.2. The zero-order chi connectivity index (χ0) is 32.5. The molecule has 0 aliphatic heterocycles. The summed E-state index contributed by atoms with van der Waals surface area (Å²) in [6.45, 7) is 4.00. The van der Waals surface area contributed by atoms with Crippen LogP contribution in [0.2, 0.25) is 0 Å². The van der Waals surface area contributed by atoms with Gasteiger partial charge in [0.05, 0.1) is 44.1 Å². The lowest BCUT2D eigenvalue weighted by atomic mass is 10.3. The smallest absolute Gasteiger partial charge is 0.174 e. The van der Waals surface area contributed by atoms with Crippen molar-refractivity contribution < 1.29 is 8.83 Å². The Morgan fingerprint density at radius 2 is 0.562 bits per heavy atom. The predicted octanol–water partition coefficient (Wildman–Crippen LogP) is 9.76. The molecular weight excluding hydrogens is 600 g/mol. The van der Waals surface area contributed by atoms with Gasteiger partial charge in [0.2, 0.25) is 0 Å². The number of aromatic amines is 4. The first-order valence-electron chi connectivity index (χ1n) is 15.7. The number of aromatic nitrogens is 8. The number of fused-ring (bicyclic) bond motifs is 4. The predicted molar refractivity (Wildman–Crippen MR) is 189 cm³/mol. The summed E-state index contributed by atoms with van der Waals surface area (Å²) in [5.41, 5.74) is 7.64. The van der Waals surface area contributed by atoms with Gasteiger partial charge in [-0.25, -0.2) is 19.9 Å². The van der Waals surface area contributed by atoms with Crippen LogP contribution >= 0.6 is 0 Å². The Morgan fingerprint density at radius 1 is 0.333 bits per heavy atom. The summed E-state index contributed by atoms with van der Waals surface area (Å²) in [5, 5.41) is 0. The second kappa shape index (κ2) is 12.3. The average molecular weight is 631 g/mol. The highest BCUT2D eigenvalue weighted by atomic mass is 16.3. The fourth-order valence-corrected chi connectivity index (χ4v) is 5.46. The SMILES string of the molecule is CC.c1ccc2[nH]c(-c3ccc(-c4nc5ccccc5[nH]4)o3)nc2c1.c1ccc2[nH]c(-c3ccc(-c4nc5ccccc5[nH]4)o3)nc2c1. The summed E-state index contributed by atoms with van der Waals surface area (Å²) >= 11 is 0. The first-order chi connectivity index (χ1) is 23.7. The number of nitrogens with zero attached hydrogens (tertiary/aromatic N) is 4. The van der Waals surface area contributed by atoms with E-state index >= 15 is 0 Å². The molecule has 0 unspecified atom stereocenters. The van der Waals surface area contributed by atoms with Crippen LogP contribution in [0, 0.1) is 0 Å². The van der Waals surface area contributed by atoms with Crippen molar-refractivity contribution in [3.8, 4) is 46.3 Å². The molecule has 10 nitrogen and oxygen atoms in total. The van der Waals surface area contributed by atoms with Crippen LogP contribution in [0.4, 0.5) is 0 Å². The quantitative estimate of drug-likeness (QED) is 0.153. The Labute approximate surface area is 273 Å². The molecule has 0 radical (unpaired) electrons. The summed E-state index contributed by atoms with van der Waals surface area (Å²) < 4.78 is 11.9. The normalized spacial score (nSPS) is 11.1. The summed E-state index contributed by atoms with van der Waals surface area (Å²) in [4.78, 5) is 31.3. The molecule has 0 bridgehead atoms. The molecule has 0 fully saturated rings. The van der Waals surface area contributed by atoms with Crippen molar-refractivity contribution in [1.82, 2.24) is 39.9 Å². The van der Waals surface area contributed by atoms with Crippen LogP contribution in [0.3, 0.4) is 0 Å². The first-order valence-corrected chi connectivity index (χ1v) is 15.7. The number of para-hydroxylation sites is 8. The van der Waals surface area contributed by atoms with Gasteiger partial charge in [0.15, 0.2) is 46.3 Å². The van der Waals surface area contributed by atoms with E-state index in [9.17, 15) is 0 Å². The molecule has 4 aromatic carbocycles. The average Bonchev–Trinajstić information content (AvgIpc) is 3.98. The van der Waals surface area contributed by atoms with Gasteiger partial charge in [-0.3, -0.25) is 0 Å². The van der Waals surface area contributed by atoms with E-state index < -0.39 is 0 Å². The number of benzene rings is 4. The van der Waals surface area contributed by atoms with Gasteiger partial charge in [0.1, 0.15) is 0 Å². The Hall–Kier alpha value is -6.68. The molecule has 0 aliphatic carbocycles. The van der Waals surface area contributed by atoms with E-state index in [4.69, 9.17) is 8.83 Å². The van der Waals surface area contributed by atoms with Gasteiger partial charge in [0, 0.05) is 0 Å². The highest BCUT2D eigenvalue weighted by Crippen LogP contribution is 2.29. The number of furan rings is 2. The number of H-pyrrole nitrogens is 4. The Morgan fingerprint density at radius 3 is 0.792 bits per heavy atom. The highest BCUT2D eigenvalue weighted by molar-refractivity contribution is 5.81. The molecule has 4 N–H and O–H groups in total. The van der Waals surface area contributed by atoms with Crippen molar-refractivity contribution >= 4 is 44.1 Å². The minimum Gasteiger partial charge on any atom is -0.450 e. The summed E-state index contributed by atoms with van der Waals surface area (Å²) in [6.07, 6.45) is 0. The van der Waals surface area contributed by atoms with E-state index in [2.05, 4.69) is 39.9 Å². The maximum Gasteiger partial charge on any atom is 0.174 e. The molecule has 0 atom stereocenters. The molecule has 10 heteroatoms. The van der Waals surface area contributed by atoms with E-state index in [0.717, 1.165) is 44.1 Å². The minimum atomic E-state index is 0.691. The number of nitrogens with one attached hydrogen (secondary N) is 4. The molecule has 6 aromatic heterocycles. The van der Waals surface area contributed by atoms with Crippen LogP contribution < -0.4 is 0 Å². The van der Waals surface area contributed by atoms with Gasteiger partial charge >= 0.3 is 0 Å². The van der Waals surface area contributed by atoms with Crippen LogP contribution in [-0.4, -0.2) is 39.9 Å². The van der Waals surface area contributed by atoms with Gasteiger partial charge in [-0.2, -0.15) is 0 Å². The van der Waals surface area contributed by atoms with Crippen LogP contribution in [0.5, 0.6) is 0 Å². The van der Waals surface area contributed by atoms with Gasteiger partial charge < -0.3 is 28.8 Å². The third-order valence-electron chi connectivity index (χ3n) is 7.70. The van der Waals surface area contributed by atoms with Crippen molar-refractivity contribution in [2.75, 3.05) is 0 Å². The molecule has 6 heterocycles. The third-order valence-corrected chi connectivity index (χ3v) is 7.70. The second-order valence-corrected chi connectivity index (χ2v) is 10.7. The molecule has 0 amide bonds. The van der Waals surface area contributed by atoms with Crippen molar-refractivity contribution in [3.63, 3.8) is 0 Å². The van der Waals surface area contributed by atoms with Crippen LogP contribution in [-0.2, 0) is 0 Å². The van der Waals surface area contributed by atoms with Gasteiger partial charge in [-0.05, 0) is 72.8 Å². The number of rotatable bonds is 4. The van der Waals surface area contributed by atoms with E-state index in [1.54, 1.807) is 0 Å². The number of imidazole rings is 4. The lowest BCUT2D eigenvalue weighted by Crippen LogP contribution is -1.77. The first kappa shape index (κ1) is 28.8. The third kappa shape index (κ3) is 5.41. The van der Waals surface area contributed by atoms with Crippen molar-refractivity contribution in [2.45, 2.75) is 13.8 Å². The minimum absolute atomic E-state index is 0.691. The van der Waals surface area contributed by atoms with E-state index in [0.29, 0.717) is 46.3 Å². The van der Waals surface area contributed by atoms with Crippen molar-refractivity contribution in [2.24, 2.45) is 0 Å². The Balaban J connectivity index is 0.000000133. The maximum atomic E-state index is 5.93. The zero-order valence-electron chi connectivity index (χ0n) is 26.2. The van der Waals surface area contributed by atoms with Crippen LogP contribution in [0.1, 0.15) is 13.8 Å². The molecule has 48 heavy (non-hydrogen) atoms. The number of hydrogen-bond donors (Lipinski definition) is 4. The highest BCUT2D eigenvalue weighted by Gasteiger charge is 2.15. The fraction of sp³-hybridized carbons (Fsp3) is 0.0526. The number of hydrogen-bond acceptors (Lipinski definition) is 6. The summed E-state index contributed by atoms with van der Waals surface area (Å²) in [5.74, 6) is 5.63. The second-order valence-electron chi connectivity index (χ2n) is 10.7. The monoisotopic (exact) mass is 630 g/mol.